The summed E-state index contributed by atoms with van der Waals surface area (Å²) in [5.74, 6) is 0.657. The first-order valence-electron chi connectivity index (χ1n) is 9.98. The van der Waals surface area contributed by atoms with Gasteiger partial charge in [-0.2, -0.15) is 0 Å². The van der Waals surface area contributed by atoms with Gasteiger partial charge in [-0.15, -0.1) is 0 Å². The van der Waals surface area contributed by atoms with E-state index < -0.39 is 5.60 Å². The fourth-order valence-electron chi connectivity index (χ4n) is 6.71. The Labute approximate surface area is 160 Å². The average Bonchev–Trinajstić information content (AvgIpc) is 2.89. The van der Waals surface area contributed by atoms with Crippen LogP contribution >= 0.6 is 0 Å². The second-order valence-electron chi connectivity index (χ2n) is 9.24. The van der Waals surface area contributed by atoms with Crippen molar-refractivity contribution < 1.29 is 19.1 Å². The first-order chi connectivity index (χ1) is 12.6. The highest BCUT2D eigenvalue weighted by Crippen LogP contribution is 2.66. The molecule has 0 unspecified atom stereocenters. The Morgan fingerprint density at radius 3 is 2.44 bits per heavy atom. The third-order valence-corrected chi connectivity index (χ3v) is 8.12. The van der Waals surface area contributed by atoms with Gasteiger partial charge in [-0.1, -0.05) is 32.1 Å². The van der Waals surface area contributed by atoms with Gasteiger partial charge in [0.2, 0.25) is 0 Å². The molecule has 4 aliphatic rings. The minimum absolute atomic E-state index is 0.0316. The maximum atomic E-state index is 12.7. The van der Waals surface area contributed by atoms with Crippen LogP contribution in [0.4, 0.5) is 0 Å². The van der Waals surface area contributed by atoms with Gasteiger partial charge >= 0.3 is 5.97 Å². The Kier molecular flexibility index (Phi) is 3.93. The van der Waals surface area contributed by atoms with Gasteiger partial charge in [0.05, 0.1) is 0 Å². The largest absolute Gasteiger partial charge is 0.451 e. The highest BCUT2D eigenvalue weighted by atomic mass is 16.6. The molecule has 144 valence electrons. The minimum atomic E-state index is -1.00. The number of ether oxygens (including phenoxy) is 1. The molecule has 0 aromatic rings. The number of carbonyl (C=O) groups excluding carboxylic acids is 3. The summed E-state index contributed by atoms with van der Waals surface area (Å²) in [7, 11) is 0. The predicted octanol–water partition coefficient (Wildman–Crippen LogP) is 3.96. The van der Waals surface area contributed by atoms with Crippen LogP contribution in [0.2, 0.25) is 0 Å². The van der Waals surface area contributed by atoms with Crippen LogP contribution in [0.25, 0.3) is 0 Å². The van der Waals surface area contributed by atoms with Gasteiger partial charge in [0, 0.05) is 17.8 Å². The molecule has 0 spiro atoms. The summed E-state index contributed by atoms with van der Waals surface area (Å²) in [6, 6.07) is 0. The van der Waals surface area contributed by atoms with Crippen LogP contribution < -0.4 is 0 Å². The molecule has 6 atom stereocenters. The highest BCUT2D eigenvalue weighted by molar-refractivity contribution is 6.01. The first-order valence-corrected chi connectivity index (χ1v) is 9.98. The summed E-state index contributed by atoms with van der Waals surface area (Å²) >= 11 is 0. The molecular weight excluding hydrogens is 340 g/mol. The SMILES string of the molecule is CC(=O)O[C@]1(C(C)=O)CC[C@H]2[C@H]3C=CC4=CC(=O)C=C[C@@]4(C)[C@@H]3CC[C@@]21C. The summed E-state index contributed by atoms with van der Waals surface area (Å²) in [5, 5.41) is 0. The van der Waals surface area contributed by atoms with Crippen molar-refractivity contribution in [3.8, 4) is 0 Å². The standard InChI is InChI=1S/C23H28O4/c1-14(24)23(27-15(2)25)12-9-20-18-6-5-16-13-17(26)7-10-21(16,3)19(18)8-11-22(20,23)4/h5-7,10,13,18-20H,8-9,11-12H2,1-4H3/t18-,19+,20-,21+,22-,23-/m0/s1. The molecular formula is C23H28O4. The van der Waals surface area contributed by atoms with Crippen LogP contribution in [0, 0.1) is 28.6 Å². The lowest BCUT2D eigenvalue weighted by Crippen LogP contribution is -2.57. The highest BCUT2D eigenvalue weighted by Gasteiger charge is 2.67. The maximum Gasteiger partial charge on any atom is 0.303 e. The molecule has 0 bridgehead atoms. The van der Waals surface area contributed by atoms with Crippen LogP contribution in [0.1, 0.15) is 53.4 Å². The molecule has 4 rings (SSSR count). The molecule has 2 fully saturated rings. The summed E-state index contributed by atoms with van der Waals surface area (Å²) in [6.45, 7) is 7.34. The number of fused-ring (bicyclic) bond motifs is 5. The second kappa shape index (κ2) is 5.76. The number of hydrogen-bond acceptors (Lipinski definition) is 4. The Bertz CT molecular complexity index is 818. The fraction of sp³-hybridized carbons (Fsp3) is 0.609. The van der Waals surface area contributed by atoms with Crippen LogP contribution in [-0.4, -0.2) is 23.1 Å². The second-order valence-corrected chi connectivity index (χ2v) is 9.24. The molecule has 0 radical (unpaired) electrons. The quantitative estimate of drug-likeness (QED) is 0.692. The third-order valence-electron chi connectivity index (χ3n) is 8.12. The predicted molar refractivity (Wildman–Crippen MR) is 102 cm³/mol. The van der Waals surface area contributed by atoms with Crippen molar-refractivity contribution in [2.24, 2.45) is 28.6 Å². The smallest absolute Gasteiger partial charge is 0.303 e. The van der Waals surface area contributed by atoms with Crippen molar-refractivity contribution in [2.75, 3.05) is 0 Å². The Morgan fingerprint density at radius 2 is 1.78 bits per heavy atom. The zero-order valence-corrected chi connectivity index (χ0v) is 16.6. The number of carbonyl (C=O) groups is 3. The minimum Gasteiger partial charge on any atom is -0.451 e. The van der Waals surface area contributed by atoms with E-state index in [0.29, 0.717) is 24.2 Å². The molecule has 0 aliphatic heterocycles. The normalized spacial score (nSPS) is 44.8. The van der Waals surface area contributed by atoms with Crippen molar-refractivity contribution in [1.82, 2.24) is 0 Å². The molecule has 0 aromatic heterocycles. The first kappa shape index (κ1) is 18.4. The summed E-state index contributed by atoms with van der Waals surface area (Å²) in [4.78, 5) is 36.4. The number of rotatable bonds is 2. The lowest BCUT2D eigenvalue weighted by Gasteiger charge is -2.56. The molecule has 0 amide bonds. The van der Waals surface area contributed by atoms with Crippen molar-refractivity contribution in [2.45, 2.75) is 59.0 Å². The van der Waals surface area contributed by atoms with Gasteiger partial charge in [-0.3, -0.25) is 14.4 Å². The molecule has 2 saturated carbocycles. The summed E-state index contributed by atoms with van der Waals surface area (Å²) in [6.07, 6.45) is 13.2. The van der Waals surface area contributed by atoms with Gasteiger partial charge in [-0.25, -0.2) is 0 Å². The van der Waals surface area contributed by atoms with E-state index in [1.54, 1.807) is 19.1 Å². The van der Waals surface area contributed by atoms with Gasteiger partial charge in [0.1, 0.15) is 0 Å². The fourth-order valence-corrected chi connectivity index (χ4v) is 6.71. The lowest BCUT2D eigenvalue weighted by molar-refractivity contribution is -0.184. The van der Waals surface area contributed by atoms with E-state index in [1.807, 2.05) is 0 Å². The molecule has 4 aliphatic carbocycles. The van der Waals surface area contributed by atoms with E-state index in [-0.39, 0.29) is 28.4 Å². The van der Waals surface area contributed by atoms with Crippen LogP contribution in [0.5, 0.6) is 0 Å². The van der Waals surface area contributed by atoms with Crippen molar-refractivity contribution in [3.05, 3.63) is 36.0 Å². The monoisotopic (exact) mass is 368 g/mol. The molecule has 0 heterocycles. The van der Waals surface area contributed by atoms with E-state index in [0.717, 1.165) is 24.8 Å². The van der Waals surface area contributed by atoms with Crippen LogP contribution in [-0.2, 0) is 19.1 Å². The summed E-state index contributed by atoms with van der Waals surface area (Å²) < 4.78 is 5.78. The van der Waals surface area contributed by atoms with E-state index >= 15 is 0 Å². The van der Waals surface area contributed by atoms with Gasteiger partial charge < -0.3 is 4.74 Å². The van der Waals surface area contributed by atoms with Gasteiger partial charge in [-0.05, 0) is 68.1 Å². The molecule has 0 saturated heterocycles. The topological polar surface area (TPSA) is 60.4 Å². The zero-order chi connectivity index (χ0) is 19.6. The molecule has 4 nitrogen and oxygen atoms in total. The van der Waals surface area contributed by atoms with E-state index in [2.05, 4.69) is 32.1 Å². The molecule has 0 N–H and O–H groups in total. The Balaban J connectivity index is 1.76. The molecule has 27 heavy (non-hydrogen) atoms. The average molecular weight is 368 g/mol. The lowest BCUT2D eigenvalue weighted by atomic mass is 9.49. The Morgan fingerprint density at radius 1 is 1.07 bits per heavy atom. The van der Waals surface area contributed by atoms with Crippen LogP contribution in [0.15, 0.2) is 36.0 Å². The number of esters is 1. The van der Waals surface area contributed by atoms with Crippen molar-refractivity contribution in [1.29, 1.82) is 0 Å². The number of Topliss-reactive ketones (excluding diaryl/α,β-unsaturated/α-hetero) is 1. The molecule has 4 heteroatoms. The maximum absolute atomic E-state index is 12.7. The van der Waals surface area contributed by atoms with Crippen molar-refractivity contribution >= 4 is 17.5 Å². The Hall–Kier alpha value is -1.97. The number of allylic oxidation sites excluding steroid dienone is 6. The third kappa shape index (κ3) is 2.31. The number of hydrogen-bond donors (Lipinski definition) is 0. The van der Waals surface area contributed by atoms with Crippen molar-refractivity contribution in [3.63, 3.8) is 0 Å². The summed E-state index contributed by atoms with van der Waals surface area (Å²) in [5.41, 5.74) is -0.396. The van der Waals surface area contributed by atoms with Gasteiger partial charge in [0.25, 0.3) is 0 Å². The van der Waals surface area contributed by atoms with Gasteiger partial charge in [0.15, 0.2) is 17.2 Å². The van der Waals surface area contributed by atoms with E-state index in [4.69, 9.17) is 4.74 Å². The van der Waals surface area contributed by atoms with Crippen LogP contribution in [0.3, 0.4) is 0 Å². The number of ketones is 2. The van der Waals surface area contributed by atoms with E-state index in [9.17, 15) is 14.4 Å². The molecule has 0 aromatic carbocycles. The zero-order valence-electron chi connectivity index (χ0n) is 16.6. The van der Waals surface area contributed by atoms with E-state index in [1.165, 1.54) is 6.92 Å².